The van der Waals surface area contributed by atoms with E-state index in [1.54, 1.807) is 24.8 Å². The Kier molecular flexibility index (Phi) is 31.4. The highest BCUT2D eigenvalue weighted by Crippen LogP contribution is 2.60. The van der Waals surface area contributed by atoms with Crippen molar-refractivity contribution in [3.63, 3.8) is 0 Å². The van der Waals surface area contributed by atoms with E-state index in [9.17, 15) is 56.2 Å². The fourth-order valence-electron chi connectivity index (χ4n) is 13.8. The molecule has 4 bridgehead atoms. The fourth-order valence-corrected chi connectivity index (χ4v) is 20.2. The molecule has 6 fully saturated rings. The van der Waals surface area contributed by atoms with Crippen LogP contribution >= 0.6 is 0 Å². The van der Waals surface area contributed by atoms with Crippen LogP contribution in [-0.2, 0) is 83.1 Å². The minimum absolute atomic E-state index is 0. The summed E-state index contributed by atoms with van der Waals surface area (Å²) in [4.78, 5) is 97.5. The van der Waals surface area contributed by atoms with Gasteiger partial charge in [-0.05, 0) is 122 Å². The van der Waals surface area contributed by atoms with Gasteiger partial charge in [0.25, 0.3) is 0 Å². The molecule has 4 heterocycles. The number of carbonyl (C=O) groups excluding carboxylic acids is 6. The van der Waals surface area contributed by atoms with Crippen LogP contribution in [0.25, 0.3) is 0 Å². The van der Waals surface area contributed by atoms with Crippen molar-refractivity contribution in [1.29, 1.82) is 0 Å². The van der Waals surface area contributed by atoms with Crippen molar-refractivity contribution >= 4 is 80.3 Å². The van der Waals surface area contributed by atoms with Crippen LogP contribution in [-0.4, -0.2) is 150 Å². The molecule has 0 spiro atoms. The number of aromatic nitrogens is 4. The molecule has 114 heavy (non-hydrogen) atoms. The van der Waals surface area contributed by atoms with Crippen molar-refractivity contribution < 1.29 is 93.9 Å². The van der Waals surface area contributed by atoms with E-state index in [1.165, 1.54) is 51.2 Å². The van der Waals surface area contributed by atoms with Crippen molar-refractivity contribution in [3.05, 3.63) is 219 Å². The number of benzene rings is 6. The monoisotopic (exact) mass is 1650 g/mol. The second kappa shape index (κ2) is 39.5. The van der Waals surface area contributed by atoms with Gasteiger partial charge in [0.1, 0.15) is 31.0 Å². The Bertz CT molecular complexity index is 4050. The van der Waals surface area contributed by atoms with Crippen molar-refractivity contribution in [2.45, 2.75) is 190 Å². The standard InChI is InChI=1S/C21H32F2O7Si.C18H30O6Si.2C18H15S.C7H6N4O.C3H4F2O2.CH4/c1-20(2,3)31(5,6)28-9-7-8-27-17(24)13-11-10-12-14(13)18(25)29-15(12)16(11)30-19(26)21(4,22)23;1-18(2,3)25(4,5)23-8-6-7-22-16(20)12-10-9-11-13(12)17(21)24-15(11)14(10)19;2*1-4-10-16(11-5-1)19(17-12-6-2-7-13-17)18-14-8-3-9-15-18;12-7(10-3-1-8-5-10)11-4-2-9-6-11;1-3(4,5)2(6)7;/h11-16H,7-10H2,1-6H3;10-15,19H,6-9H2,1-5H3;2*1-15H;1-6H;1H3,(H,6,7);1H4/q;;2*+1;;;. The largest absolute Gasteiger partial charge is 0.477 e. The van der Waals surface area contributed by atoms with Crippen molar-refractivity contribution in [2.75, 3.05) is 26.4 Å². The highest BCUT2D eigenvalue weighted by Gasteiger charge is 2.71. The average molecular weight is 1650 g/mol. The second-order valence-corrected chi connectivity index (χ2v) is 45.1. The fraction of sp³-hybridized carbons (Fsp3) is 0.430. The summed E-state index contributed by atoms with van der Waals surface area (Å²) < 4.78 is 90.3. The van der Waals surface area contributed by atoms with E-state index >= 15 is 0 Å². The lowest BCUT2D eigenvalue weighted by atomic mass is 9.78. The number of rotatable bonds is 21. The van der Waals surface area contributed by atoms with Crippen LogP contribution in [0.3, 0.4) is 0 Å². The number of aliphatic hydroxyl groups is 1. The molecule has 612 valence electrons. The van der Waals surface area contributed by atoms with Gasteiger partial charge < -0.3 is 42.7 Å². The topological polar surface area (TPSA) is 260 Å². The first-order valence-corrected chi connectivity index (χ1v) is 45.9. The van der Waals surface area contributed by atoms with Gasteiger partial charge in [-0.1, -0.05) is 158 Å². The smallest absolute Gasteiger partial charge is 0.377 e. The van der Waals surface area contributed by atoms with Gasteiger partial charge >= 0.3 is 53.7 Å². The second-order valence-electron chi connectivity index (χ2n) is 31.4. The van der Waals surface area contributed by atoms with E-state index in [0.29, 0.717) is 52.7 Å². The molecule has 28 heteroatoms. The average Bonchev–Trinajstić information content (AvgIpc) is 1.55. The van der Waals surface area contributed by atoms with Crippen molar-refractivity contribution in [1.82, 2.24) is 19.1 Å². The van der Waals surface area contributed by atoms with E-state index in [1.807, 2.05) is 0 Å². The molecule has 6 aliphatic rings. The minimum Gasteiger partial charge on any atom is -0.477 e. The zero-order valence-corrected chi connectivity index (χ0v) is 69.2. The Morgan fingerprint density at radius 2 is 0.789 bits per heavy atom. The molecular formula is C86H106F4N4O16S2Si2+2. The molecule has 2 aliphatic heterocycles. The third kappa shape index (κ3) is 22.7. The molecule has 4 aliphatic carbocycles. The SMILES string of the molecule is C.CC(C)(C)[Si](C)(C)OCCCOC(=O)C1C2CC3C(OC(=O)C31)C2O.CC(F)(F)C(=O)O.CC(F)(F)C(=O)OC1C2CC3C1OC(=O)C3C2C(=O)OCCCO[Si](C)(C)C(C)(C)C.O=C(n1ccnc1)n1ccnc1.c1ccc([S+](c2ccccc2)c2ccccc2)cc1.c1ccc([S+](c2ccccc2)c2ccccc2)cc1. The number of hydrogen-bond donors (Lipinski definition) is 2. The number of carbonyl (C=O) groups is 7. The molecule has 2 aromatic heterocycles. The molecule has 8 aromatic rings. The van der Waals surface area contributed by atoms with Crippen LogP contribution in [0, 0.1) is 47.3 Å². The zero-order valence-electron chi connectivity index (χ0n) is 65.6. The van der Waals surface area contributed by atoms with Crippen LogP contribution in [0.15, 0.2) is 249 Å². The lowest BCUT2D eigenvalue weighted by molar-refractivity contribution is -0.186. The number of nitrogens with zero attached hydrogens (tertiary/aromatic N) is 4. The molecule has 6 aromatic carbocycles. The van der Waals surface area contributed by atoms with Crippen LogP contribution in [0.5, 0.6) is 0 Å². The van der Waals surface area contributed by atoms with E-state index in [0.717, 1.165) is 0 Å². The van der Waals surface area contributed by atoms with Crippen molar-refractivity contribution in [2.24, 2.45) is 47.3 Å². The van der Waals surface area contributed by atoms with Gasteiger partial charge in [0.2, 0.25) is 0 Å². The maximum atomic E-state index is 13.3. The normalized spacial score (nSPS) is 22.1. The summed E-state index contributed by atoms with van der Waals surface area (Å²) in [5.41, 5.74) is 0. The lowest BCUT2D eigenvalue weighted by Crippen LogP contribution is -2.45. The van der Waals surface area contributed by atoms with E-state index < -0.39 is 106 Å². The Labute approximate surface area is 673 Å². The number of fused-ring (bicyclic) bond motifs is 2. The summed E-state index contributed by atoms with van der Waals surface area (Å²) >= 11 is 0. The molecule has 12 unspecified atom stereocenters. The predicted molar refractivity (Wildman–Crippen MR) is 429 cm³/mol. The zero-order chi connectivity index (χ0) is 82.2. The molecule has 12 atom stereocenters. The predicted octanol–water partition coefficient (Wildman–Crippen LogP) is 16.9. The highest BCUT2D eigenvalue weighted by atomic mass is 32.2. The number of aliphatic hydroxyl groups excluding tert-OH is 1. The third-order valence-corrected chi connectivity index (χ3v) is 35.1. The minimum atomic E-state index is -3.66. The number of alkyl halides is 4. The molecule has 2 saturated heterocycles. The summed E-state index contributed by atoms with van der Waals surface area (Å²) in [6, 6.07) is 64.1. The van der Waals surface area contributed by atoms with Gasteiger partial charge in [0, 0.05) is 88.4 Å². The number of halogens is 4. The van der Waals surface area contributed by atoms with Gasteiger partial charge in [0.05, 0.1) is 64.8 Å². The number of carboxylic acids is 1. The molecule has 0 radical (unpaired) electrons. The van der Waals surface area contributed by atoms with Crippen LogP contribution in [0.4, 0.5) is 22.4 Å². The Hall–Kier alpha value is -9.04. The number of esters is 5. The van der Waals surface area contributed by atoms with Crippen LogP contribution < -0.4 is 0 Å². The quantitative estimate of drug-likeness (QED) is 0.0169. The Balaban J connectivity index is 0.000000178. The summed E-state index contributed by atoms with van der Waals surface area (Å²) in [6.07, 6.45) is 8.44. The first-order valence-electron chi connectivity index (χ1n) is 37.6. The number of carboxylic acid groups (broad SMARTS) is 1. The molecule has 4 saturated carbocycles. The molecular weight excluding hydrogens is 1540 g/mol. The summed E-state index contributed by atoms with van der Waals surface area (Å²) in [7, 11) is -3.70. The lowest BCUT2D eigenvalue weighted by Gasteiger charge is -2.36. The third-order valence-electron chi connectivity index (χ3n) is 21.6. The first kappa shape index (κ1) is 90.5. The van der Waals surface area contributed by atoms with Crippen molar-refractivity contribution in [3.8, 4) is 0 Å². The van der Waals surface area contributed by atoms with Gasteiger partial charge in [0.15, 0.2) is 46.0 Å². The van der Waals surface area contributed by atoms with E-state index in [4.69, 9.17) is 37.6 Å². The van der Waals surface area contributed by atoms with Gasteiger partial charge in [-0.3, -0.25) is 28.3 Å². The summed E-state index contributed by atoms with van der Waals surface area (Å²) in [5.74, 6) is -16.5. The maximum Gasteiger partial charge on any atom is 0.377 e. The maximum absolute atomic E-state index is 13.3. The molecule has 20 nitrogen and oxygen atoms in total. The Morgan fingerprint density at radius 3 is 1.09 bits per heavy atom. The summed E-state index contributed by atoms with van der Waals surface area (Å²) in [5, 5.41) is 18.0. The highest BCUT2D eigenvalue weighted by molar-refractivity contribution is 7.97. The number of imidazole rings is 2. The molecule has 14 rings (SSSR count). The number of ether oxygens (including phenoxy) is 5. The molecule has 2 N–H and O–H groups in total. The first-order chi connectivity index (χ1) is 53.4. The Morgan fingerprint density at radius 1 is 0.482 bits per heavy atom. The summed E-state index contributed by atoms with van der Waals surface area (Å²) in [6.45, 7) is 23.8. The van der Waals surface area contributed by atoms with E-state index in [2.05, 4.69) is 260 Å². The van der Waals surface area contributed by atoms with Crippen LogP contribution in [0.2, 0.25) is 36.3 Å². The van der Waals surface area contributed by atoms with E-state index in [-0.39, 0.29) is 88.2 Å². The van der Waals surface area contributed by atoms with Gasteiger partial charge in [-0.2, -0.15) is 17.6 Å². The van der Waals surface area contributed by atoms with Crippen LogP contribution in [0.1, 0.15) is 88.5 Å². The molecule has 0 amide bonds. The number of hydrogen-bond acceptors (Lipinski definition) is 17. The van der Waals surface area contributed by atoms with Gasteiger partial charge in [-0.25, -0.2) is 24.4 Å². The van der Waals surface area contributed by atoms with Gasteiger partial charge in [-0.15, -0.1) is 0 Å². The number of aliphatic carboxylic acids is 1.